The molecule has 31 heavy (non-hydrogen) atoms. The molecule has 1 aliphatic rings. The fraction of sp³-hybridized carbons (Fsp3) is 0.320. The maximum atomic E-state index is 12.5. The van der Waals surface area contributed by atoms with E-state index in [1.807, 2.05) is 35.2 Å². The molecule has 0 aliphatic carbocycles. The predicted octanol–water partition coefficient (Wildman–Crippen LogP) is 4.34. The lowest BCUT2D eigenvalue weighted by Crippen LogP contribution is -2.49. The van der Waals surface area contributed by atoms with Gasteiger partial charge in [0.25, 0.3) is 0 Å². The fourth-order valence-electron chi connectivity index (χ4n) is 3.66. The molecule has 160 valence electrons. The number of hydrogen-bond acceptors (Lipinski definition) is 5. The van der Waals surface area contributed by atoms with Crippen LogP contribution in [0.3, 0.4) is 0 Å². The van der Waals surface area contributed by atoms with Crippen molar-refractivity contribution in [1.82, 2.24) is 15.1 Å². The molecular weight excluding hydrogens is 404 g/mol. The molecule has 2 aromatic carbocycles. The lowest BCUT2D eigenvalue weighted by Gasteiger charge is -2.35. The Balaban J connectivity index is 1.27. The highest BCUT2D eigenvalue weighted by Crippen LogP contribution is 2.22. The van der Waals surface area contributed by atoms with Gasteiger partial charge in [-0.1, -0.05) is 42.5 Å². The minimum Gasteiger partial charge on any atom is -0.352 e. The Morgan fingerprint density at radius 1 is 0.903 bits per heavy atom. The monoisotopic (exact) mass is 432 g/mol. The van der Waals surface area contributed by atoms with E-state index in [1.54, 1.807) is 11.8 Å². The largest absolute Gasteiger partial charge is 0.352 e. The molecule has 4 rings (SSSR count). The number of aromatic nitrogens is 2. The average molecular weight is 433 g/mol. The van der Waals surface area contributed by atoms with Crippen molar-refractivity contribution in [3.8, 4) is 11.3 Å². The Bertz CT molecular complexity index is 1020. The minimum absolute atomic E-state index is 0.219. The van der Waals surface area contributed by atoms with E-state index in [9.17, 15) is 4.79 Å². The Labute approximate surface area is 188 Å². The molecule has 0 saturated carbocycles. The molecule has 1 fully saturated rings. The van der Waals surface area contributed by atoms with E-state index in [1.165, 1.54) is 16.7 Å². The first-order valence-corrected chi connectivity index (χ1v) is 11.8. The second-order valence-corrected chi connectivity index (χ2v) is 8.91. The standard InChI is InChI=1S/C25H28N4OS/c1-19-8-9-22(16-20(19)2)23-10-11-24(27-26-23)28-12-14-29(15-13-28)25(30)18-31-17-21-6-4-3-5-7-21/h3-11,16H,12-15,17-18H2,1-2H3. The van der Waals surface area contributed by atoms with Crippen molar-refractivity contribution in [2.75, 3.05) is 36.8 Å². The van der Waals surface area contributed by atoms with Crippen LogP contribution in [0.5, 0.6) is 0 Å². The van der Waals surface area contributed by atoms with Crippen molar-refractivity contribution >= 4 is 23.5 Å². The third-order valence-corrected chi connectivity index (χ3v) is 6.74. The molecule has 0 N–H and O–H groups in total. The van der Waals surface area contributed by atoms with E-state index in [0.717, 1.165) is 49.0 Å². The van der Waals surface area contributed by atoms with Gasteiger partial charge >= 0.3 is 0 Å². The van der Waals surface area contributed by atoms with Gasteiger partial charge in [-0.05, 0) is 48.7 Å². The van der Waals surface area contributed by atoms with E-state index in [0.29, 0.717) is 5.75 Å². The van der Waals surface area contributed by atoms with Crippen LogP contribution >= 0.6 is 11.8 Å². The summed E-state index contributed by atoms with van der Waals surface area (Å²) in [6.45, 7) is 7.25. The second kappa shape index (κ2) is 9.96. The summed E-state index contributed by atoms with van der Waals surface area (Å²) in [6.07, 6.45) is 0. The zero-order chi connectivity index (χ0) is 21.6. The molecule has 0 atom stereocenters. The van der Waals surface area contributed by atoms with Crippen LogP contribution in [0.1, 0.15) is 16.7 Å². The number of nitrogens with zero attached hydrogens (tertiary/aromatic N) is 4. The summed E-state index contributed by atoms with van der Waals surface area (Å²) >= 11 is 1.68. The van der Waals surface area contributed by atoms with Crippen molar-refractivity contribution in [2.24, 2.45) is 0 Å². The molecule has 0 spiro atoms. The number of piperazine rings is 1. The van der Waals surface area contributed by atoms with E-state index in [4.69, 9.17) is 0 Å². The van der Waals surface area contributed by atoms with E-state index in [-0.39, 0.29) is 5.91 Å². The van der Waals surface area contributed by atoms with Gasteiger partial charge < -0.3 is 9.80 Å². The third kappa shape index (κ3) is 5.44. The number of rotatable bonds is 6. The molecule has 1 saturated heterocycles. The zero-order valence-corrected chi connectivity index (χ0v) is 18.9. The number of anilines is 1. The lowest BCUT2D eigenvalue weighted by atomic mass is 10.0. The van der Waals surface area contributed by atoms with Gasteiger partial charge in [0.2, 0.25) is 5.91 Å². The van der Waals surface area contributed by atoms with Crippen molar-refractivity contribution in [2.45, 2.75) is 19.6 Å². The van der Waals surface area contributed by atoms with Crippen LogP contribution in [0.2, 0.25) is 0 Å². The summed E-state index contributed by atoms with van der Waals surface area (Å²) in [5, 5.41) is 8.90. The predicted molar refractivity (Wildman–Crippen MR) is 128 cm³/mol. The molecule has 2 heterocycles. The first kappa shape index (κ1) is 21.4. The van der Waals surface area contributed by atoms with Gasteiger partial charge in [0.15, 0.2) is 5.82 Å². The maximum Gasteiger partial charge on any atom is 0.232 e. The molecule has 0 bridgehead atoms. The highest BCUT2D eigenvalue weighted by atomic mass is 32.2. The van der Waals surface area contributed by atoms with Gasteiger partial charge in [-0.25, -0.2) is 0 Å². The van der Waals surface area contributed by atoms with E-state index in [2.05, 4.69) is 59.3 Å². The zero-order valence-electron chi connectivity index (χ0n) is 18.1. The van der Waals surface area contributed by atoms with E-state index < -0.39 is 0 Å². The lowest BCUT2D eigenvalue weighted by molar-refractivity contribution is -0.128. The van der Waals surface area contributed by atoms with Crippen molar-refractivity contribution < 1.29 is 4.79 Å². The van der Waals surface area contributed by atoms with Gasteiger partial charge in [-0.2, -0.15) is 0 Å². The maximum absolute atomic E-state index is 12.5. The number of amides is 1. The topological polar surface area (TPSA) is 49.3 Å². The van der Waals surface area contributed by atoms with E-state index >= 15 is 0 Å². The summed E-state index contributed by atoms with van der Waals surface area (Å²) in [6, 6.07) is 20.7. The van der Waals surface area contributed by atoms with Crippen LogP contribution in [-0.4, -0.2) is 52.9 Å². The van der Waals surface area contributed by atoms with Crippen molar-refractivity contribution in [3.63, 3.8) is 0 Å². The Kier molecular flexibility index (Phi) is 6.87. The summed E-state index contributed by atoms with van der Waals surface area (Å²) < 4.78 is 0. The highest BCUT2D eigenvalue weighted by Gasteiger charge is 2.22. The Hall–Kier alpha value is -2.86. The number of thioether (sulfide) groups is 1. The van der Waals surface area contributed by atoms with Crippen LogP contribution in [-0.2, 0) is 10.5 Å². The van der Waals surface area contributed by atoms with Crippen LogP contribution in [0.4, 0.5) is 5.82 Å². The van der Waals surface area contributed by atoms with Gasteiger partial charge in [0, 0.05) is 37.5 Å². The highest BCUT2D eigenvalue weighted by molar-refractivity contribution is 7.99. The fourth-order valence-corrected chi connectivity index (χ4v) is 4.54. The van der Waals surface area contributed by atoms with Gasteiger partial charge in [0.1, 0.15) is 0 Å². The van der Waals surface area contributed by atoms with Crippen LogP contribution in [0, 0.1) is 13.8 Å². The molecule has 3 aromatic rings. The molecule has 1 amide bonds. The van der Waals surface area contributed by atoms with Crippen LogP contribution in [0.25, 0.3) is 11.3 Å². The summed E-state index contributed by atoms with van der Waals surface area (Å²) in [7, 11) is 0. The summed E-state index contributed by atoms with van der Waals surface area (Å²) in [4.78, 5) is 16.7. The molecule has 1 aliphatic heterocycles. The van der Waals surface area contributed by atoms with Gasteiger partial charge in [-0.3, -0.25) is 4.79 Å². The van der Waals surface area contributed by atoms with Crippen molar-refractivity contribution in [1.29, 1.82) is 0 Å². The normalized spacial score (nSPS) is 14.0. The average Bonchev–Trinajstić information content (AvgIpc) is 2.82. The van der Waals surface area contributed by atoms with Crippen molar-refractivity contribution in [3.05, 3.63) is 77.4 Å². The van der Waals surface area contributed by atoms with Crippen LogP contribution < -0.4 is 4.90 Å². The number of aryl methyl sites for hydroxylation is 2. The first-order chi connectivity index (χ1) is 15.1. The quantitative estimate of drug-likeness (QED) is 0.580. The molecule has 5 nitrogen and oxygen atoms in total. The third-order valence-electron chi connectivity index (χ3n) is 5.75. The molecule has 1 aromatic heterocycles. The molecule has 0 radical (unpaired) electrons. The smallest absolute Gasteiger partial charge is 0.232 e. The number of hydrogen-bond donors (Lipinski definition) is 0. The number of carbonyl (C=O) groups excluding carboxylic acids is 1. The Morgan fingerprint density at radius 3 is 2.35 bits per heavy atom. The number of carbonyl (C=O) groups is 1. The summed E-state index contributed by atoms with van der Waals surface area (Å²) in [5.74, 6) is 2.49. The van der Waals surface area contributed by atoms with Gasteiger partial charge in [-0.15, -0.1) is 22.0 Å². The minimum atomic E-state index is 0.219. The SMILES string of the molecule is Cc1ccc(-c2ccc(N3CCN(C(=O)CSCc4ccccc4)CC3)nn2)cc1C. The second-order valence-electron chi connectivity index (χ2n) is 7.92. The summed E-state index contributed by atoms with van der Waals surface area (Å²) in [5.41, 5.74) is 5.76. The molecular formula is C25H28N4OS. The van der Waals surface area contributed by atoms with Gasteiger partial charge in [0.05, 0.1) is 11.4 Å². The first-order valence-electron chi connectivity index (χ1n) is 10.7. The number of benzene rings is 2. The van der Waals surface area contributed by atoms with Crippen LogP contribution in [0.15, 0.2) is 60.7 Å². The molecule has 6 heteroatoms. The Morgan fingerprint density at radius 2 is 1.68 bits per heavy atom. The molecule has 0 unspecified atom stereocenters.